The molecule has 0 aromatic heterocycles. The van der Waals surface area contributed by atoms with E-state index in [1.165, 1.54) is 0 Å². The van der Waals surface area contributed by atoms with Crippen molar-refractivity contribution in [1.82, 2.24) is 0 Å². The number of aryl methyl sites for hydroxylation is 1. The van der Waals surface area contributed by atoms with Gasteiger partial charge in [-0.25, -0.2) is 0 Å². The van der Waals surface area contributed by atoms with E-state index >= 15 is 0 Å². The molecule has 0 unspecified atom stereocenters. The Morgan fingerprint density at radius 3 is 2.53 bits per heavy atom. The predicted molar refractivity (Wildman–Crippen MR) is 55.5 cm³/mol. The predicted octanol–water partition coefficient (Wildman–Crippen LogP) is 1.24. The summed E-state index contributed by atoms with van der Waals surface area (Å²) in [7, 11) is 0. The summed E-state index contributed by atoms with van der Waals surface area (Å²) in [6.07, 6.45) is -0.0998. The van der Waals surface area contributed by atoms with Crippen molar-refractivity contribution in [2.24, 2.45) is 5.73 Å². The van der Waals surface area contributed by atoms with E-state index in [2.05, 4.69) is 0 Å². The van der Waals surface area contributed by atoms with E-state index in [9.17, 15) is 14.9 Å². The summed E-state index contributed by atoms with van der Waals surface area (Å²) < 4.78 is 0. The Kier molecular flexibility index (Phi) is 3.04. The molecular formula is C10H12N2O3. The quantitative estimate of drug-likeness (QED) is 0.598. The molecule has 0 fully saturated rings. The van der Waals surface area contributed by atoms with Crippen molar-refractivity contribution >= 4 is 11.6 Å². The third-order valence-electron chi connectivity index (χ3n) is 2.33. The number of carbonyl (C=O) groups is 1. The normalized spacial score (nSPS) is 10.0. The molecule has 0 aliphatic heterocycles. The zero-order valence-corrected chi connectivity index (χ0v) is 8.61. The minimum atomic E-state index is -0.568. The molecule has 5 nitrogen and oxygen atoms in total. The van der Waals surface area contributed by atoms with E-state index in [4.69, 9.17) is 5.73 Å². The first-order valence-electron chi connectivity index (χ1n) is 4.45. The third-order valence-corrected chi connectivity index (χ3v) is 2.33. The topological polar surface area (TPSA) is 86.2 Å². The molecule has 0 radical (unpaired) electrons. The van der Waals surface area contributed by atoms with Crippen LogP contribution in [-0.4, -0.2) is 10.8 Å². The van der Waals surface area contributed by atoms with Crippen molar-refractivity contribution in [3.63, 3.8) is 0 Å². The number of hydrogen-bond acceptors (Lipinski definition) is 3. The monoisotopic (exact) mass is 208 g/mol. The SMILES string of the molecule is Cc1ccc(CC(N)=O)c([N+](=O)[O-])c1C. The molecule has 2 N–H and O–H groups in total. The fourth-order valence-electron chi connectivity index (χ4n) is 1.44. The number of hydrogen-bond donors (Lipinski definition) is 1. The highest BCUT2D eigenvalue weighted by molar-refractivity contribution is 5.78. The van der Waals surface area contributed by atoms with Gasteiger partial charge in [-0.15, -0.1) is 0 Å². The van der Waals surface area contributed by atoms with Crippen LogP contribution in [0.5, 0.6) is 0 Å². The largest absolute Gasteiger partial charge is 0.369 e. The van der Waals surface area contributed by atoms with E-state index in [-0.39, 0.29) is 12.1 Å². The molecule has 15 heavy (non-hydrogen) atoms. The Morgan fingerprint density at radius 1 is 1.47 bits per heavy atom. The van der Waals surface area contributed by atoms with Gasteiger partial charge in [-0.1, -0.05) is 12.1 Å². The first-order valence-corrected chi connectivity index (χ1v) is 4.45. The van der Waals surface area contributed by atoms with Crippen molar-refractivity contribution in [3.05, 3.63) is 38.9 Å². The highest BCUT2D eigenvalue weighted by Crippen LogP contribution is 2.26. The standard InChI is InChI=1S/C10H12N2O3/c1-6-3-4-8(5-9(11)13)10(7(6)2)12(14)15/h3-4H,5H2,1-2H3,(H2,11,13). The summed E-state index contributed by atoms with van der Waals surface area (Å²) in [4.78, 5) is 21.1. The van der Waals surface area contributed by atoms with E-state index < -0.39 is 10.8 Å². The molecular weight excluding hydrogens is 196 g/mol. The summed E-state index contributed by atoms with van der Waals surface area (Å²) in [5, 5.41) is 10.8. The van der Waals surface area contributed by atoms with Gasteiger partial charge < -0.3 is 5.73 Å². The highest BCUT2D eigenvalue weighted by Gasteiger charge is 2.19. The van der Waals surface area contributed by atoms with Crippen LogP contribution in [0.1, 0.15) is 16.7 Å². The maximum atomic E-state index is 10.8. The van der Waals surface area contributed by atoms with Crippen molar-refractivity contribution in [2.75, 3.05) is 0 Å². The molecule has 0 atom stereocenters. The van der Waals surface area contributed by atoms with E-state index in [0.29, 0.717) is 11.1 Å². The van der Waals surface area contributed by atoms with Crippen LogP contribution in [0, 0.1) is 24.0 Å². The molecule has 80 valence electrons. The van der Waals surface area contributed by atoms with Crippen LogP contribution in [0.4, 0.5) is 5.69 Å². The maximum absolute atomic E-state index is 10.8. The second kappa shape index (κ2) is 4.08. The molecule has 0 heterocycles. The van der Waals surface area contributed by atoms with Crippen LogP contribution in [0.3, 0.4) is 0 Å². The third kappa shape index (κ3) is 2.31. The molecule has 0 aliphatic rings. The lowest BCUT2D eigenvalue weighted by atomic mass is 10.0. The Labute approximate surface area is 87.0 Å². The number of nitrogens with two attached hydrogens (primary N) is 1. The summed E-state index contributed by atoms with van der Waals surface area (Å²) in [5.41, 5.74) is 6.80. The lowest BCUT2D eigenvalue weighted by molar-refractivity contribution is -0.386. The second-order valence-corrected chi connectivity index (χ2v) is 3.42. The number of amides is 1. The van der Waals surface area contributed by atoms with Gasteiger partial charge in [0.25, 0.3) is 5.69 Å². The zero-order chi connectivity index (χ0) is 11.6. The molecule has 1 amide bonds. The minimum absolute atomic E-state index is 0.00574. The van der Waals surface area contributed by atoms with Gasteiger partial charge in [0.05, 0.1) is 11.3 Å². The van der Waals surface area contributed by atoms with Gasteiger partial charge in [0, 0.05) is 11.1 Å². The molecule has 5 heteroatoms. The van der Waals surface area contributed by atoms with Gasteiger partial charge in [-0.2, -0.15) is 0 Å². The van der Waals surface area contributed by atoms with E-state index in [1.54, 1.807) is 26.0 Å². The average molecular weight is 208 g/mol. The number of carbonyl (C=O) groups excluding carboxylic acids is 1. The lowest BCUT2D eigenvalue weighted by Gasteiger charge is -2.05. The summed E-state index contributed by atoms with van der Waals surface area (Å²) >= 11 is 0. The summed E-state index contributed by atoms with van der Waals surface area (Å²) in [6.45, 7) is 3.45. The first-order chi connectivity index (χ1) is 6.93. The molecule has 1 rings (SSSR count). The lowest BCUT2D eigenvalue weighted by Crippen LogP contribution is -2.15. The number of primary amides is 1. The average Bonchev–Trinajstić information content (AvgIpc) is 2.10. The van der Waals surface area contributed by atoms with Crippen LogP contribution in [0.2, 0.25) is 0 Å². The fraction of sp³-hybridized carbons (Fsp3) is 0.300. The number of benzene rings is 1. The number of nitro groups is 1. The Bertz CT molecular complexity index is 427. The molecule has 0 spiro atoms. The van der Waals surface area contributed by atoms with Gasteiger partial charge in [0.1, 0.15) is 0 Å². The maximum Gasteiger partial charge on any atom is 0.276 e. The number of nitro benzene ring substituents is 1. The van der Waals surface area contributed by atoms with Crippen LogP contribution in [0.25, 0.3) is 0 Å². The molecule has 0 saturated heterocycles. The summed E-state index contributed by atoms with van der Waals surface area (Å²) in [6, 6.07) is 3.33. The van der Waals surface area contributed by atoms with Crippen LogP contribution in [-0.2, 0) is 11.2 Å². The zero-order valence-electron chi connectivity index (χ0n) is 8.61. The molecule has 1 aromatic carbocycles. The number of nitrogens with zero attached hydrogens (tertiary/aromatic N) is 1. The Balaban J connectivity index is 3.33. The first kappa shape index (κ1) is 11.2. The van der Waals surface area contributed by atoms with Gasteiger partial charge in [0.15, 0.2) is 0 Å². The fourth-order valence-corrected chi connectivity index (χ4v) is 1.44. The Hall–Kier alpha value is -1.91. The molecule has 1 aromatic rings. The number of rotatable bonds is 3. The van der Waals surface area contributed by atoms with E-state index in [1.807, 2.05) is 0 Å². The minimum Gasteiger partial charge on any atom is -0.369 e. The van der Waals surface area contributed by atoms with Crippen LogP contribution < -0.4 is 5.73 Å². The van der Waals surface area contributed by atoms with Gasteiger partial charge in [-0.05, 0) is 19.4 Å². The van der Waals surface area contributed by atoms with Gasteiger partial charge >= 0.3 is 0 Å². The summed E-state index contributed by atoms with van der Waals surface area (Å²) in [5.74, 6) is -0.568. The van der Waals surface area contributed by atoms with Gasteiger partial charge in [-0.3, -0.25) is 14.9 Å². The van der Waals surface area contributed by atoms with E-state index in [0.717, 1.165) is 5.56 Å². The Morgan fingerprint density at radius 2 is 2.07 bits per heavy atom. The van der Waals surface area contributed by atoms with Crippen molar-refractivity contribution < 1.29 is 9.72 Å². The second-order valence-electron chi connectivity index (χ2n) is 3.42. The smallest absolute Gasteiger partial charge is 0.276 e. The molecule has 0 aliphatic carbocycles. The molecule has 0 saturated carbocycles. The van der Waals surface area contributed by atoms with Crippen LogP contribution in [0.15, 0.2) is 12.1 Å². The van der Waals surface area contributed by atoms with Gasteiger partial charge in [0.2, 0.25) is 5.91 Å². The van der Waals surface area contributed by atoms with Crippen molar-refractivity contribution in [1.29, 1.82) is 0 Å². The van der Waals surface area contributed by atoms with Crippen molar-refractivity contribution in [2.45, 2.75) is 20.3 Å². The highest BCUT2D eigenvalue weighted by atomic mass is 16.6. The van der Waals surface area contributed by atoms with Crippen LogP contribution >= 0.6 is 0 Å². The van der Waals surface area contributed by atoms with Crippen molar-refractivity contribution in [3.8, 4) is 0 Å². The molecule has 0 bridgehead atoms.